The number of nitrogens with zero attached hydrogens (tertiary/aromatic N) is 4. The number of benzene rings is 2. The largest absolute Gasteiger partial charge is 0.353 e. The molecule has 3 rings (SSSR count). The van der Waals surface area contributed by atoms with Crippen LogP contribution < -0.4 is 4.90 Å². The van der Waals surface area contributed by atoms with Crippen LogP contribution in [0.15, 0.2) is 45.6 Å². The van der Waals surface area contributed by atoms with E-state index < -0.39 is 0 Å². The summed E-state index contributed by atoms with van der Waals surface area (Å²) in [6.45, 7) is 0. The van der Waals surface area contributed by atoms with Crippen LogP contribution in [0.1, 0.15) is 5.56 Å². The molecule has 0 saturated heterocycles. The van der Waals surface area contributed by atoms with Gasteiger partial charge in [0.05, 0.1) is 11.6 Å². The molecule has 1 aromatic heterocycles. The molecule has 1 heterocycles. The Morgan fingerprint density at radius 1 is 1.10 bits per heavy atom. The molecule has 0 aliphatic carbocycles. The van der Waals surface area contributed by atoms with Crippen molar-refractivity contribution in [2.24, 2.45) is 0 Å². The maximum atomic E-state index is 9.20. The Bertz CT molecular complexity index is 833. The van der Waals surface area contributed by atoms with Crippen LogP contribution in [0.3, 0.4) is 0 Å². The van der Waals surface area contributed by atoms with Gasteiger partial charge in [0.25, 0.3) is 0 Å². The summed E-state index contributed by atoms with van der Waals surface area (Å²) < 4.78 is 0.897. The second-order valence-electron chi connectivity index (χ2n) is 4.62. The van der Waals surface area contributed by atoms with Gasteiger partial charge in [-0.05, 0) is 17.5 Å². The first-order valence-electron chi connectivity index (χ1n) is 6.29. The molecule has 0 spiro atoms. The number of hydrogen-bond donors (Lipinski definition) is 0. The summed E-state index contributed by atoms with van der Waals surface area (Å²) in [6.07, 6.45) is 0. The van der Waals surface area contributed by atoms with E-state index in [4.69, 9.17) is 0 Å². The van der Waals surface area contributed by atoms with E-state index in [1.165, 1.54) is 0 Å². The molecule has 104 valence electrons. The van der Waals surface area contributed by atoms with E-state index >= 15 is 0 Å². The minimum Gasteiger partial charge on any atom is -0.353 e. The Morgan fingerprint density at radius 2 is 1.86 bits per heavy atom. The zero-order valence-corrected chi connectivity index (χ0v) is 13.2. The van der Waals surface area contributed by atoms with Gasteiger partial charge < -0.3 is 4.90 Å². The lowest BCUT2D eigenvalue weighted by Crippen LogP contribution is -2.07. The van der Waals surface area contributed by atoms with Gasteiger partial charge in [-0.3, -0.25) is 0 Å². The van der Waals surface area contributed by atoms with Crippen LogP contribution in [0, 0.1) is 11.3 Å². The lowest BCUT2D eigenvalue weighted by molar-refractivity contribution is 0.973. The van der Waals surface area contributed by atoms with Gasteiger partial charge in [0.1, 0.15) is 0 Å². The van der Waals surface area contributed by atoms with E-state index in [0.29, 0.717) is 5.56 Å². The van der Waals surface area contributed by atoms with Crippen molar-refractivity contribution in [3.05, 3.63) is 42.0 Å². The zero-order chi connectivity index (χ0) is 14.8. The average Bonchev–Trinajstić information content (AvgIpc) is 2.96. The molecule has 6 heteroatoms. The Hall–Kier alpha value is -2.10. The maximum absolute atomic E-state index is 9.20. The first kappa shape index (κ1) is 13.9. The SMILES string of the molecule is CN(C)c1nnc(Sc2ccc(C#N)c3ccccc23)s1. The molecule has 0 aliphatic rings. The number of hydrogen-bond acceptors (Lipinski definition) is 6. The molecule has 0 atom stereocenters. The highest BCUT2D eigenvalue weighted by molar-refractivity contribution is 8.01. The van der Waals surface area contributed by atoms with E-state index in [2.05, 4.69) is 16.3 Å². The summed E-state index contributed by atoms with van der Waals surface area (Å²) in [5.41, 5.74) is 0.696. The molecule has 3 aromatic rings. The lowest BCUT2D eigenvalue weighted by atomic mass is 10.1. The molecule has 4 nitrogen and oxygen atoms in total. The normalized spacial score (nSPS) is 10.5. The zero-order valence-electron chi connectivity index (χ0n) is 11.6. The molecule has 0 N–H and O–H groups in total. The summed E-state index contributed by atoms with van der Waals surface area (Å²) >= 11 is 3.14. The molecule has 2 aromatic carbocycles. The van der Waals surface area contributed by atoms with Gasteiger partial charge in [0, 0.05) is 24.4 Å². The van der Waals surface area contributed by atoms with Gasteiger partial charge in [0.15, 0.2) is 4.34 Å². The monoisotopic (exact) mass is 312 g/mol. The third-order valence-corrected chi connectivity index (χ3v) is 5.20. The number of nitriles is 1. The average molecular weight is 312 g/mol. The summed E-state index contributed by atoms with van der Waals surface area (Å²) in [7, 11) is 3.90. The van der Waals surface area contributed by atoms with E-state index in [9.17, 15) is 5.26 Å². The van der Waals surface area contributed by atoms with Crippen molar-refractivity contribution >= 4 is 39.0 Å². The van der Waals surface area contributed by atoms with Crippen LogP contribution in [-0.2, 0) is 0 Å². The van der Waals surface area contributed by atoms with Crippen molar-refractivity contribution in [3.8, 4) is 6.07 Å². The molecular formula is C15H12N4S2. The third kappa shape index (κ3) is 2.71. The van der Waals surface area contributed by atoms with Gasteiger partial charge in [0.2, 0.25) is 5.13 Å². The van der Waals surface area contributed by atoms with Crippen molar-refractivity contribution in [1.29, 1.82) is 5.26 Å². The fraction of sp³-hybridized carbons (Fsp3) is 0.133. The van der Waals surface area contributed by atoms with E-state index in [-0.39, 0.29) is 0 Å². The van der Waals surface area contributed by atoms with Crippen LogP contribution in [0.25, 0.3) is 10.8 Å². The van der Waals surface area contributed by atoms with Crippen LogP contribution in [0.5, 0.6) is 0 Å². The predicted molar refractivity (Wildman–Crippen MR) is 87.0 cm³/mol. The molecule has 0 radical (unpaired) electrons. The minimum absolute atomic E-state index is 0.696. The van der Waals surface area contributed by atoms with E-state index in [1.54, 1.807) is 23.1 Å². The molecular weight excluding hydrogens is 300 g/mol. The lowest BCUT2D eigenvalue weighted by Gasteiger charge is -2.06. The summed E-state index contributed by atoms with van der Waals surface area (Å²) in [5, 5.41) is 20.5. The second kappa shape index (κ2) is 5.72. The molecule has 0 unspecified atom stereocenters. The number of rotatable bonds is 3. The van der Waals surface area contributed by atoms with Gasteiger partial charge in [-0.1, -0.05) is 47.4 Å². The van der Waals surface area contributed by atoms with Crippen molar-refractivity contribution in [3.63, 3.8) is 0 Å². The summed E-state index contributed by atoms with van der Waals surface area (Å²) in [5.74, 6) is 0. The quantitative estimate of drug-likeness (QED) is 0.736. The van der Waals surface area contributed by atoms with Crippen molar-refractivity contribution in [2.45, 2.75) is 9.24 Å². The molecule has 0 amide bonds. The van der Waals surface area contributed by atoms with Crippen LogP contribution in [-0.4, -0.2) is 24.3 Å². The summed E-state index contributed by atoms with van der Waals surface area (Å²) in [6, 6.07) is 14.0. The van der Waals surface area contributed by atoms with E-state index in [0.717, 1.165) is 25.1 Å². The van der Waals surface area contributed by atoms with Crippen molar-refractivity contribution < 1.29 is 0 Å². The Morgan fingerprint density at radius 3 is 2.52 bits per heavy atom. The highest BCUT2D eigenvalue weighted by atomic mass is 32.2. The molecule has 0 bridgehead atoms. The van der Waals surface area contributed by atoms with Gasteiger partial charge >= 0.3 is 0 Å². The van der Waals surface area contributed by atoms with Crippen LogP contribution >= 0.6 is 23.1 Å². The Labute approximate surface area is 131 Å². The second-order valence-corrected chi connectivity index (χ2v) is 6.86. The van der Waals surface area contributed by atoms with E-state index in [1.807, 2.05) is 55.4 Å². The third-order valence-electron chi connectivity index (χ3n) is 2.98. The minimum atomic E-state index is 0.696. The van der Waals surface area contributed by atoms with Gasteiger partial charge in [-0.15, -0.1) is 10.2 Å². The first-order valence-corrected chi connectivity index (χ1v) is 7.93. The number of aromatic nitrogens is 2. The summed E-state index contributed by atoms with van der Waals surface area (Å²) in [4.78, 5) is 3.03. The molecule has 21 heavy (non-hydrogen) atoms. The Kier molecular flexibility index (Phi) is 3.78. The highest BCUT2D eigenvalue weighted by Crippen LogP contribution is 2.37. The van der Waals surface area contributed by atoms with Crippen LogP contribution in [0.4, 0.5) is 5.13 Å². The van der Waals surface area contributed by atoms with Gasteiger partial charge in [-0.25, -0.2) is 0 Å². The fourth-order valence-corrected chi connectivity index (χ4v) is 3.83. The fourth-order valence-electron chi connectivity index (χ4n) is 1.98. The molecule has 0 fully saturated rings. The highest BCUT2D eigenvalue weighted by Gasteiger charge is 2.11. The smallest absolute Gasteiger partial charge is 0.208 e. The maximum Gasteiger partial charge on any atom is 0.208 e. The molecule has 0 saturated carbocycles. The van der Waals surface area contributed by atoms with Crippen molar-refractivity contribution in [1.82, 2.24) is 10.2 Å². The predicted octanol–water partition coefficient (Wildman–Crippen LogP) is 3.78. The Balaban J connectivity index is 2.03. The number of anilines is 1. The first-order chi connectivity index (χ1) is 10.2. The van der Waals surface area contributed by atoms with Crippen LogP contribution in [0.2, 0.25) is 0 Å². The standard InChI is InChI=1S/C15H12N4S2/c1-19(2)14-17-18-15(21-14)20-13-8-7-10(9-16)11-5-3-4-6-12(11)13/h3-8H,1-2H3. The van der Waals surface area contributed by atoms with Crippen molar-refractivity contribution in [2.75, 3.05) is 19.0 Å². The molecule has 0 aliphatic heterocycles. The van der Waals surface area contributed by atoms with Gasteiger partial charge in [-0.2, -0.15) is 5.26 Å². The topological polar surface area (TPSA) is 52.8 Å². The number of fused-ring (bicyclic) bond motifs is 1.